The summed E-state index contributed by atoms with van der Waals surface area (Å²) in [5.41, 5.74) is 2.14. The Morgan fingerprint density at radius 1 is 1.16 bits per heavy atom. The summed E-state index contributed by atoms with van der Waals surface area (Å²) < 4.78 is 2.13. The lowest BCUT2D eigenvalue weighted by Gasteiger charge is -2.23. The Hall–Kier alpha value is -2.35. The fourth-order valence-corrected chi connectivity index (χ4v) is 4.57. The Labute approximate surface area is 199 Å². The first kappa shape index (κ1) is 24.3. The molecule has 8 heteroatoms. The number of amides is 1. The smallest absolute Gasteiger partial charge is 0.230 e. The topological polar surface area (TPSA) is 63.1 Å². The van der Waals surface area contributed by atoms with E-state index in [4.69, 9.17) is 11.6 Å². The van der Waals surface area contributed by atoms with Gasteiger partial charge in [0.2, 0.25) is 5.91 Å². The van der Waals surface area contributed by atoms with Crippen molar-refractivity contribution >= 4 is 29.3 Å². The van der Waals surface area contributed by atoms with E-state index in [0.717, 1.165) is 23.0 Å². The number of hydrogen-bond acceptors (Lipinski definition) is 5. The predicted molar refractivity (Wildman–Crippen MR) is 131 cm³/mol. The summed E-state index contributed by atoms with van der Waals surface area (Å²) in [7, 11) is 4.10. The van der Waals surface area contributed by atoms with Crippen molar-refractivity contribution in [2.24, 2.45) is 0 Å². The van der Waals surface area contributed by atoms with Crippen molar-refractivity contribution in [2.45, 2.75) is 44.1 Å². The molecule has 6 nitrogen and oxygen atoms in total. The molecular weight excluding hydrogens is 442 g/mol. The Balaban J connectivity index is 1.73. The minimum atomic E-state index is -0.127. The van der Waals surface area contributed by atoms with Crippen LogP contribution in [0.25, 0.3) is 0 Å². The fraction of sp³-hybridized carbons (Fsp3) is 0.375. The predicted octanol–water partition coefficient (Wildman–Crippen LogP) is 4.96. The van der Waals surface area contributed by atoms with Crippen LogP contribution in [0.4, 0.5) is 0 Å². The van der Waals surface area contributed by atoms with Crippen LogP contribution in [-0.4, -0.2) is 45.4 Å². The molecule has 2 aromatic carbocycles. The summed E-state index contributed by atoms with van der Waals surface area (Å²) in [6, 6.07) is 17.8. The van der Waals surface area contributed by atoms with Crippen molar-refractivity contribution < 1.29 is 4.79 Å². The lowest BCUT2D eigenvalue weighted by Crippen LogP contribution is -2.28. The molecule has 32 heavy (non-hydrogen) atoms. The third-order valence-electron chi connectivity index (χ3n) is 5.30. The maximum atomic E-state index is 12.6. The zero-order valence-corrected chi connectivity index (χ0v) is 20.5. The molecule has 0 saturated heterocycles. The van der Waals surface area contributed by atoms with Crippen LogP contribution in [0.1, 0.15) is 49.3 Å². The van der Waals surface area contributed by atoms with Crippen LogP contribution in [0.2, 0.25) is 5.02 Å². The normalized spacial score (nSPS) is 13.2. The van der Waals surface area contributed by atoms with Gasteiger partial charge in [0.05, 0.1) is 24.4 Å². The van der Waals surface area contributed by atoms with Crippen molar-refractivity contribution in [2.75, 3.05) is 19.8 Å². The number of aromatic nitrogens is 3. The van der Waals surface area contributed by atoms with Crippen LogP contribution in [0.15, 0.2) is 59.8 Å². The van der Waals surface area contributed by atoms with Gasteiger partial charge in [-0.05, 0) is 50.7 Å². The van der Waals surface area contributed by atoms with Gasteiger partial charge in [0.25, 0.3) is 0 Å². The number of halogens is 1. The van der Waals surface area contributed by atoms with Gasteiger partial charge < -0.3 is 9.88 Å². The van der Waals surface area contributed by atoms with Gasteiger partial charge in [0, 0.05) is 5.02 Å². The summed E-state index contributed by atoms with van der Waals surface area (Å²) >= 11 is 7.48. The average Bonchev–Trinajstić information content (AvgIpc) is 3.15. The number of nitrogens with zero attached hydrogens (tertiary/aromatic N) is 4. The van der Waals surface area contributed by atoms with Crippen LogP contribution in [0.3, 0.4) is 0 Å². The molecule has 0 fully saturated rings. The standard InChI is InChI=1S/C24H30ClN5OS/c1-5-21(29(3)4)23-27-28-24(30(23)15-18-10-7-6-8-11-18)32-16-22(31)26-17(2)19-12-9-13-20(25)14-19/h6-14,17,21H,5,15-16H2,1-4H3,(H,26,31). The van der Waals surface area contributed by atoms with E-state index < -0.39 is 0 Å². The summed E-state index contributed by atoms with van der Waals surface area (Å²) in [6.45, 7) is 4.76. The minimum Gasteiger partial charge on any atom is -0.349 e. The highest BCUT2D eigenvalue weighted by atomic mass is 35.5. The molecule has 3 rings (SSSR count). The Morgan fingerprint density at radius 2 is 1.91 bits per heavy atom. The summed E-state index contributed by atoms with van der Waals surface area (Å²) in [4.78, 5) is 14.8. The summed E-state index contributed by atoms with van der Waals surface area (Å²) in [5, 5.41) is 13.4. The first-order chi connectivity index (χ1) is 15.4. The largest absolute Gasteiger partial charge is 0.349 e. The molecule has 0 aliphatic rings. The second kappa shape index (κ2) is 11.5. The van der Waals surface area contributed by atoms with Gasteiger partial charge in [0.15, 0.2) is 11.0 Å². The summed E-state index contributed by atoms with van der Waals surface area (Å²) in [6.07, 6.45) is 0.919. The van der Waals surface area contributed by atoms with E-state index >= 15 is 0 Å². The highest BCUT2D eigenvalue weighted by Gasteiger charge is 2.23. The quantitative estimate of drug-likeness (QED) is 0.423. The van der Waals surface area contributed by atoms with Crippen molar-refractivity contribution in [3.8, 4) is 0 Å². The number of hydrogen-bond donors (Lipinski definition) is 1. The zero-order valence-electron chi connectivity index (χ0n) is 19.0. The monoisotopic (exact) mass is 471 g/mol. The molecule has 0 aliphatic heterocycles. The fourth-order valence-electron chi connectivity index (χ4n) is 3.62. The van der Waals surface area contributed by atoms with Gasteiger partial charge in [-0.15, -0.1) is 10.2 Å². The highest BCUT2D eigenvalue weighted by molar-refractivity contribution is 7.99. The van der Waals surface area contributed by atoms with E-state index in [2.05, 4.69) is 44.0 Å². The lowest BCUT2D eigenvalue weighted by molar-refractivity contribution is -0.119. The van der Waals surface area contributed by atoms with E-state index in [9.17, 15) is 4.79 Å². The third kappa shape index (κ3) is 6.34. The van der Waals surface area contributed by atoms with Crippen molar-refractivity contribution in [1.29, 1.82) is 0 Å². The molecule has 0 spiro atoms. The minimum absolute atomic E-state index is 0.0575. The molecule has 0 aliphatic carbocycles. The number of thioether (sulfide) groups is 1. The average molecular weight is 472 g/mol. The van der Waals surface area contributed by atoms with Crippen molar-refractivity contribution in [1.82, 2.24) is 25.0 Å². The third-order valence-corrected chi connectivity index (χ3v) is 6.50. The Bertz CT molecular complexity index is 1020. The first-order valence-corrected chi connectivity index (χ1v) is 12.1. The first-order valence-electron chi connectivity index (χ1n) is 10.7. The molecule has 2 atom stereocenters. The van der Waals surface area contributed by atoms with Gasteiger partial charge >= 0.3 is 0 Å². The van der Waals surface area contributed by atoms with E-state index in [1.165, 1.54) is 17.3 Å². The molecule has 1 amide bonds. The Morgan fingerprint density at radius 3 is 2.56 bits per heavy atom. The SMILES string of the molecule is CCC(c1nnc(SCC(=O)NC(C)c2cccc(Cl)c2)n1Cc1ccccc1)N(C)C. The second-order valence-corrected chi connectivity index (χ2v) is 9.31. The number of rotatable bonds is 10. The van der Waals surface area contributed by atoms with Crippen LogP contribution in [0.5, 0.6) is 0 Å². The molecule has 3 aromatic rings. The maximum Gasteiger partial charge on any atom is 0.230 e. The van der Waals surface area contributed by atoms with Crippen molar-refractivity contribution in [3.63, 3.8) is 0 Å². The van der Waals surface area contributed by atoms with Gasteiger partial charge in [0.1, 0.15) is 0 Å². The van der Waals surface area contributed by atoms with E-state index in [0.29, 0.717) is 11.6 Å². The molecule has 1 N–H and O–H groups in total. The van der Waals surface area contributed by atoms with Crippen LogP contribution in [-0.2, 0) is 11.3 Å². The van der Waals surface area contributed by atoms with E-state index in [1.807, 2.05) is 63.5 Å². The zero-order chi connectivity index (χ0) is 23.1. The van der Waals surface area contributed by atoms with Gasteiger partial charge in [-0.2, -0.15) is 0 Å². The Kier molecular flexibility index (Phi) is 8.73. The molecule has 1 aromatic heterocycles. The van der Waals surface area contributed by atoms with E-state index in [1.54, 1.807) is 0 Å². The molecular formula is C24H30ClN5OS. The lowest BCUT2D eigenvalue weighted by atomic mass is 10.1. The molecule has 1 heterocycles. The molecule has 0 radical (unpaired) electrons. The van der Waals surface area contributed by atoms with Gasteiger partial charge in [-0.1, -0.05) is 72.8 Å². The highest BCUT2D eigenvalue weighted by Crippen LogP contribution is 2.26. The molecule has 0 saturated carbocycles. The number of carbonyl (C=O) groups excluding carboxylic acids is 1. The molecule has 2 unspecified atom stereocenters. The van der Waals surface area contributed by atoms with E-state index in [-0.39, 0.29) is 23.7 Å². The molecule has 0 bridgehead atoms. The maximum absolute atomic E-state index is 12.6. The second-order valence-electron chi connectivity index (χ2n) is 7.93. The number of carbonyl (C=O) groups is 1. The van der Waals surface area contributed by atoms with Gasteiger partial charge in [-0.25, -0.2) is 0 Å². The summed E-state index contributed by atoms with van der Waals surface area (Å²) in [5.74, 6) is 1.12. The van der Waals surface area contributed by atoms with Crippen LogP contribution in [0, 0.1) is 0 Å². The van der Waals surface area contributed by atoms with Gasteiger partial charge in [-0.3, -0.25) is 9.69 Å². The van der Waals surface area contributed by atoms with Crippen LogP contribution >= 0.6 is 23.4 Å². The van der Waals surface area contributed by atoms with Crippen LogP contribution < -0.4 is 5.32 Å². The number of benzene rings is 2. The molecule has 170 valence electrons. The number of nitrogens with one attached hydrogen (secondary N) is 1. The van der Waals surface area contributed by atoms with Crippen molar-refractivity contribution in [3.05, 3.63) is 76.6 Å².